The zero-order chi connectivity index (χ0) is 38.2. The van der Waals surface area contributed by atoms with Gasteiger partial charge in [0, 0.05) is 42.8 Å². The van der Waals surface area contributed by atoms with Crippen molar-refractivity contribution in [3.8, 4) is 22.3 Å². The number of para-hydroxylation sites is 3. The molecule has 0 atom stereocenters. The third-order valence-corrected chi connectivity index (χ3v) is 13.4. The Bertz CT molecular complexity index is 3140. The molecule has 9 aromatic carbocycles. The lowest BCUT2D eigenvalue weighted by molar-refractivity contribution is 0.752. The summed E-state index contributed by atoms with van der Waals surface area (Å²) in [4.78, 5) is 4.94. The van der Waals surface area contributed by atoms with Crippen molar-refractivity contribution >= 4 is 65.6 Å². The molecule has 1 aliphatic carbocycles. The van der Waals surface area contributed by atoms with Crippen LogP contribution < -0.4 is 9.80 Å². The largest absolute Gasteiger partial charge is 0.310 e. The predicted octanol–water partition coefficient (Wildman–Crippen LogP) is 15.3. The van der Waals surface area contributed by atoms with Crippen LogP contribution in [0.4, 0.5) is 34.1 Å². The number of hydrogen-bond acceptors (Lipinski definition) is 3. The fourth-order valence-corrected chi connectivity index (χ4v) is 11.0. The van der Waals surface area contributed by atoms with Crippen molar-refractivity contribution < 1.29 is 0 Å². The van der Waals surface area contributed by atoms with Crippen molar-refractivity contribution in [1.82, 2.24) is 0 Å². The molecule has 1 aromatic heterocycles. The van der Waals surface area contributed by atoms with Crippen molar-refractivity contribution in [3.63, 3.8) is 0 Å². The van der Waals surface area contributed by atoms with Gasteiger partial charge < -0.3 is 9.80 Å². The van der Waals surface area contributed by atoms with Crippen LogP contribution in [0.15, 0.2) is 218 Å². The van der Waals surface area contributed by atoms with Gasteiger partial charge in [0.15, 0.2) is 0 Å². The Balaban J connectivity index is 1.14. The summed E-state index contributed by atoms with van der Waals surface area (Å²) in [5.74, 6) is 0. The van der Waals surface area contributed by atoms with Crippen LogP contribution in [0, 0.1) is 0 Å². The molecule has 2 aliphatic rings. The van der Waals surface area contributed by atoms with Crippen molar-refractivity contribution in [2.24, 2.45) is 0 Å². The molecule has 0 amide bonds. The van der Waals surface area contributed by atoms with Gasteiger partial charge in [-0.3, -0.25) is 0 Å². The highest BCUT2D eigenvalue weighted by Crippen LogP contribution is 2.65. The van der Waals surface area contributed by atoms with Crippen LogP contribution in [0.2, 0.25) is 0 Å². The summed E-state index contributed by atoms with van der Waals surface area (Å²) < 4.78 is 2.61. The van der Waals surface area contributed by atoms with E-state index in [4.69, 9.17) is 0 Å². The van der Waals surface area contributed by atoms with E-state index in [0.29, 0.717) is 0 Å². The lowest BCUT2D eigenvalue weighted by Crippen LogP contribution is -2.36. The first-order chi connectivity index (χ1) is 28.8. The van der Waals surface area contributed by atoms with E-state index in [1.807, 2.05) is 11.3 Å². The second kappa shape index (κ2) is 12.9. The first-order valence-electron chi connectivity index (χ1n) is 19.9. The molecule has 0 N–H and O–H groups in total. The summed E-state index contributed by atoms with van der Waals surface area (Å²) in [5, 5.41) is 2.58. The van der Waals surface area contributed by atoms with Gasteiger partial charge in [0.05, 0.1) is 22.5 Å². The highest BCUT2D eigenvalue weighted by molar-refractivity contribution is 7.25. The minimum absolute atomic E-state index is 0.545. The van der Waals surface area contributed by atoms with E-state index < -0.39 is 5.41 Å². The summed E-state index contributed by atoms with van der Waals surface area (Å²) in [6.45, 7) is 0. The average molecular weight is 757 g/mol. The molecule has 0 radical (unpaired) electrons. The van der Waals surface area contributed by atoms with Crippen LogP contribution in [0.5, 0.6) is 0 Å². The fraction of sp³-hybridized carbons (Fsp3) is 0.0182. The number of anilines is 6. The van der Waals surface area contributed by atoms with E-state index in [-0.39, 0.29) is 0 Å². The highest BCUT2D eigenvalue weighted by Gasteiger charge is 2.52. The Kier molecular flexibility index (Phi) is 7.35. The van der Waals surface area contributed by atoms with Gasteiger partial charge in [0.25, 0.3) is 0 Å². The van der Waals surface area contributed by atoms with Gasteiger partial charge in [-0.25, -0.2) is 0 Å². The lowest BCUT2D eigenvalue weighted by Gasteiger charge is -2.45. The molecule has 0 fully saturated rings. The molecule has 0 unspecified atom stereocenters. The van der Waals surface area contributed by atoms with Gasteiger partial charge in [-0.15, -0.1) is 11.3 Å². The maximum Gasteiger partial charge on any atom is 0.0755 e. The third-order valence-electron chi connectivity index (χ3n) is 12.3. The van der Waals surface area contributed by atoms with Crippen LogP contribution in [0.3, 0.4) is 0 Å². The Hall–Kier alpha value is -7.20. The summed E-state index contributed by atoms with van der Waals surface area (Å²) in [5.41, 5.74) is 16.5. The van der Waals surface area contributed by atoms with E-state index in [2.05, 4.69) is 228 Å². The molecule has 3 heteroatoms. The monoisotopic (exact) mass is 756 g/mol. The Morgan fingerprint density at radius 1 is 0.397 bits per heavy atom. The van der Waals surface area contributed by atoms with Crippen LogP contribution in [-0.2, 0) is 5.41 Å². The Morgan fingerprint density at radius 2 is 0.966 bits per heavy atom. The Labute approximate surface area is 342 Å². The van der Waals surface area contributed by atoms with Gasteiger partial charge in [0.1, 0.15) is 0 Å². The molecule has 2 nitrogen and oxygen atoms in total. The van der Waals surface area contributed by atoms with E-state index in [9.17, 15) is 0 Å². The normalized spacial score (nSPS) is 13.3. The molecule has 0 saturated carbocycles. The highest BCUT2D eigenvalue weighted by atomic mass is 32.1. The second-order valence-corrected chi connectivity index (χ2v) is 16.3. The smallest absolute Gasteiger partial charge is 0.0755 e. The van der Waals surface area contributed by atoms with Crippen molar-refractivity contribution in [2.45, 2.75) is 5.41 Å². The molecule has 12 rings (SSSR count). The van der Waals surface area contributed by atoms with Crippen LogP contribution in [0.1, 0.15) is 22.3 Å². The van der Waals surface area contributed by atoms with Crippen molar-refractivity contribution in [3.05, 3.63) is 241 Å². The van der Waals surface area contributed by atoms with Crippen LogP contribution in [0.25, 0.3) is 42.4 Å². The second-order valence-electron chi connectivity index (χ2n) is 15.2. The molecular formula is C55H36N2S. The molecule has 58 heavy (non-hydrogen) atoms. The topological polar surface area (TPSA) is 6.48 Å². The maximum atomic E-state index is 2.49. The molecule has 0 bridgehead atoms. The molecule has 1 spiro atoms. The average Bonchev–Trinajstić information content (AvgIpc) is 3.82. The molecule has 1 aliphatic heterocycles. The first kappa shape index (κ1) is 33.0. The predicted molar refractivity (Wildman–Crippen MR) is 245 cm³/mol. The zero-order valence-corrected chi connectivity index (χ0v) is 32.4. The van der Waals surface area contributed by atoms with Gasteiger partial charge in [-0.1, -0.05) is 152 Å². The van der Waals surface area contributed by atoms with Crippen LogP contribution >= 0.6 is 11.3 Å². The van der Waals surface area contributed by atoms with Gasteiger partial charge in [-0.2, -0.15) is 0 Å². The number of fused-ring (bicyclic) bond motifs is 12. The van der Waals surface area contributed by atoms with Gasteiger partial charge in [-0.05, 0) is 106 Å². The van der Waals surface area contributed by atoms with Gasteiger partial charge >= 0.3 is 0 Å². The lowest BCUT2D eigenvalue weighted by atomic mass is 9.64. The Morgan fingerprint density at radius 3 is 1.72 bits per heavy atom. The molecule has 272 valence electrons. The van der Waals surface area contributed by atoms with E-state index >= 15 is 0 Å². The van der Waals surface area contributed by atoms with E-state index in [1.54, 1.807) is 0 Å². The molecule has 2 heterocycles. The number of thiophene rings is 1. The van der Waals surface area contributed by atoms with E-state index in [0.717, 1.165) is 22.7 Å². The van der Waals surface area contributed by atoms with Gasteiger partial charge in [0.2, 0.25) is 0 Å². The van der Waals surface area contributed by atoms with Crippen molar-refractivity contribution in [1.29, 1.82) is 0 Å². The van der Waals surface area contributed by atoms with E-state index in [1.165, 1.54) is 76.1 Å². The number of nitrogens with zero attached hydrogens (tertiary/aromatic N) is 2. The standard InChI is InChI=1S/C55H36N2S/c1-3-16-37(17-4-1)38-30-32-40(33-31-38)56(41-34-35-53-44(36-41)42-20-8-14-29-52(42)58-53)51-28-15-25-48-54(51)43-21-7-9-22-45(43)55(48)46-23-10-12-26-49(46)57(39-18-5-2-6-19-39)50-27-13-11-24-47(50)55/h1-36H. The van der Waals surface area contributed by atoms with Crippen LogP contribution in [-0.4, -0.2) is 0 Å². The summed E-state index contributed by atoms with van der Waals surface area (Å²) in [7, 11) is 0. The maximum absolute atomic E-state index is 2.49. The quantitative estimate of drug-likeness (QED) is 0.173. The number of rotatable bonds is 5. The minimum atomic E-state index is -0.545. The SMILES string of the molecule is c1ccc(-c2ccc(N(c3ccc4sc5ccccc5c4c3)c3cccc4c3-c3ccccc3C43c4ccccc4N(c4ccccc4)c4ccccc43)cc2)cc1. The minimum Gasteiger partial charge on any atom is -0.310 e. The van der Waals surface area contributed by atoms with Crippen molar-refractivity contribution in [2.75, 3.05) is 9.80 Å². The fourth-order valence-electron chi connectivity index (χ4n) is 9.89. The third kappa shape index (κ3) is 4.71. The molecule has 0 saturated heterocycles. The summed E-state index contributed by atoms with van der Waals surface area (Å²) in [6.07, 6.45) is 0. The molecular weight excluding hydrogens is 721 g/mol. The summed E-state index contributed by atoms with van der Waals surface area (Å²) >= 11 is 1.86. The summed E-state index contributed by atoms with van der Waals surface area (Å²) in [6, 6.07) is 80.6. The number of hydrogen-bond donors (Lipinski definition) is 0. The first-order valence-corrected chi connectivity index (χ1v) is 20.8. The zero-order valence-electron chi connectivity index (χ0n) is 31.6. The molecule has 10 aromatic rings. The number of benzene rings is 9.